The molecular formula is C22H30N4O3S. The highest BCUT2D eigenvalue weighted by molar-refractivity contribution is 7.89. The molecule has 1 aliphatic heterocycles. The van der Waals surface area contributed by atoms with E-state index in [4.69, 9.17) is 4.74 Å². The second-order valence-corrected chi connectivity index (χ2v) is 9.21. The average Bonchev–Trinajstić information content (AvgIpc) is 3.31. The fraction of sp³-hybridized carbons (Fsp3) is 0.409. The van der Waals surface area contributed by atoms with Crippen LogP contribution in [0.25, 0.3) is 0 Å². The molecule has 1 heterocycles. The number of hydrogen-bond acceptors (Lipinski definition) is 4. The van der Waals surface area contributed by atoms with E-state index in [1.165, 1.54) is 5.56 Å². The van der Waals surface area contributed by atoms with Gasteiger partial charge in [-0.1, -0.05) is 29.8 Å². The molecule has 2 aromatic carbocycles. The van der Waals surface area contributed by atoms with E-state index in [1.807, 2.05) is 43.3 Å². The van der Waals surface area contributed by atoms with Gasteiger partial charge in [0.1, 0.15) is 12.4 Å². The summed E-state index contributed by atoms with van der Waals surface area (Å²) in [6.45, 7) is 4.94. The zero-order valence-electron chi connectivity index (χ0n) is 17.6. The van der Waals surface area contributed by atoms with E-state index in [2.05, 4.69) is 15.6 Å². The summed E-state index contributed by atoms with van der Waals surface area (Å²) in [5.41, 5.74) is 2.18. The molecule has 3 rings (SSSR count). The molecule has 7 nitrogen and oxygen atoms in total. The van der Waals surface area contributed by atoms with Crippen molar-refractivity contribution >= 4 is 16.0 Å². The molecule has 2 N–H and O–H groups in total. The van der Waals surface area contributed by atoms with Crippen LogP contribution in [-0.4, -0.2) is 52.0 Å². The zero-order chi connectivity index (χ0) is 21.4. The average molecular weight is 431 g/mol. The van der Waals surface area contributed by atoms with Crippen LogP contribution in [0.2, 0.25) is 0 Å². The van der Waals surface area contributed by atoms with Gasteiger partial charge in [-0.25, -0.2) is 8.42 Å². The lowest BCUT2D eigenvalue weighted by atomic mass is 10.2. The number of benzene rings is 2. The Morgan fingerprint density at radius 2 is 1.70 bits per heavy atom. The monoisotopic (exact) mass is 430 g/mol. The second-order valence-electron chi connectivity index (χ2n) is 7.27. The van der Waals surface area contributed by atoms with Crippen LogP contribution in [0.3, 0.4) is 0 Å². The SMILES string of the molecule is CN=C(NCCOc1ccc(C)cc1)NCc1ccc(S(=O)(=O)N2CCCC2)cc1. The Balaban J connectivity index is 1.43. The minimum Gasteiger partial charge on any atom is -0.492 e. The Hall–Kier alpha value is -2.58. The van der Waals surface area contributed by atoms with Crippen LogP contribution in [0.1, 0.15) is 24.0 Å². The third-order valence-corrected chi connectivity index (χ3v) is 6.91. The van der Waals surface area contributed by atoms with Crippen LogP contribution in [-0.2, 0) is 16.6 Å². The van der Waals surface area contributed by atoms with Gasteiger partial charge in [0.2, 0.25) is 10.0 Å². The molecule has 1 fully saturated rings. The van der Waals surface area contributed by atoms with E-state index in [-0.39, 0.29) is 0 Å². The third-order valence-electron chi connectivity index (χ3n) is 4.99. The van der Waals surface area contributed by atoms with Crippen LogP contribution >= 0.6 is 0 Å². The highest BCUT2D eigenvalue weighted by Gasteiger charge is 2.26. The van der Waals surface area contributed by atoms with Crippen LogP contribution in [0, 0.1) is 6.92 Å². The molecule has 0 aliphatic carbocycles. The maximum Gasteiger partial charge on any atom is 0.243 e. The van der Waals surface area contributed by atoms with Crippen molar-refractivity contribution in [3.63, 3.8) is 0 Å². The molecule has 0 bridgehead atoms. The van der Waals surface area contributed by atoms with Crippen molar-refractivity contribution in [3.05, 3.63) is 59.7 Å². The molecule has 1 saturated heterocycles. The summed E-state index contributed by atoms with van der Waals surface area (Å²) in [6, 6.07) is 15.0. The van der Waals surface area contributed by atoms with Crippen molar-refractivity contribution < 1.29 is 13.2 Å². The van der Waals surface area contributed by atoms with Gasteiger partial charge in [-0.15, -0.1) is 0 Å². The van der Waals surface area contributed by atoms with E-state index >= 15 is 0 Å². The first-order chi connectivity index (χ1) is 14.5. The lowest BCUT2D eigenvalue weighted by Crippen LogP contribution is -2.38. The fourth-order valence-electron chi connectivity index (χ4n) is 3.24. The van der Waals surface area contributed by atoms with Crippen molar-refractivity contribution in [1.82, 2.24) is 14.9 Å². The van der Waals surface area contributed by atoms with Gasteiger partial charge in [-0.3, -0.25) is 4.99 Å². The minimum atomic E-state index is -3.37. The van der Waals surface area contributed by atoms with E-state index < -0.39 is 10.0 Å². The Labute approximate surface area is 179 Å². The summed E-state index contributed by atoms with van der Waals surface area (Å²) < 4.78 is 32.4. The van der Waals surface area contributed by atoms with Crippen LogP contribution in [0.5, 0.6) is 5.75 Å². The number of nitrogens with zero attached hydrogens (tertiary/aromatic N) is 2. The minimum absolute atomic E-state index is 0.351. The second kappa shape index (κ2) is 10.4. The van der Waals surface area contributed by atoms with Crippen molar-refractivity contribution in [1.29, 1.82) is 0 Å². The first-order valence-electron chi connectivity index (χ1n) is 10.2. The molecule has 0 amide bonds. The fourth-order valence-corrected chi connectivity index (χ4v) is 4.75. The number of hydrogen-bond donors (Lipinski definition) is 2. The molecule has 0 spiro atoms. The van der Waals surface area contributed by atoms with Crippen molar-refractivity contribution in [2.75, 3.05) is 33.3 Å². The maximum atomic E-state index is 12.6. The molecule has 162 valence electrons. The van der Waals surface area contributed by atoms with Crippen molar-refractivity contribution in [2.45, 2.75) is 31.2 Å². The molecule has 0 saturated carbocycles. The molecule has 2 aromatic rings. The zero-order valence-corrected chi connectivity index (χ0v) is 18.4. The molecular weight excluding hydrogens is 400 g/mol. The summed E-state index contributed by atoms with van der Waals surface area (Å²) in [4.78, 5) is 4.56. The first-order valence-corrected chi connectivity index (χ1v) is 11.7. The Morgan fingerprint density at radius 1 is 1.03 bits per heavy atom. The quantitative estimate of drug-likeness (QED) is 0.382. The van der Waals surface area contributed by atoms with Gasteiger partial charge in [0.15, 0.2) is 5.96 Å². The molecule has 0 unspecified atom stereocenters. The predicted molar refractivity (Wildman–Crippen MR) is 119 cm³/mol. The van der Waals surface area contributed by atoms with Gasteiger partial charge >= 0.3 is 0 Å². The van der Waals surface area contributed by atoms with E-state index in [0.717, 1.165) is 24.2 Å². The van der Waals surface area contributed by atoms with E-state index in [0.29, 0.717) is 43.6 Å². The lowest BCUT2D eigenvalue weighted by molar-refractivity contribution is 0.322. The number of aliphatic imine (C=N–C) groups is 1. The molecule has 8 heteroatoms. The number of rotatable bonds is 8. The highest BCUT2D eigenvalue weighted by atomic mass is 32.2. The van der Waals surface area contributed by atoms with Gasteiger partial charge in [-0.05, 0) is 49.6 Å². The Bertz CT molecular complexity index is 935. The lowest BCUT2D eigenvalue weighted by Gasteiger charge is -2.16. The largest absolute Gasteiger partial charge is 0.492 e. The molecule has 0 atom stereocenters. The van der Waals surface area contributed by atoms with Crippen molar-refractivity contribution in [3.8, 4) is 5.75 Å². The summed E-state index contributed by atoms with van der Waals surface area (Å²) in [6.07, 6.45) is 1.87. The van der Waals surface area contributed by atoms with Crippen LogP contribution < -0.4 is 15.4 Å². The standard InChI is InChI=1S/C22H30N4O3S/c1-18-5-9-20(10-6-18)29-16-13-24-22(23-2)25-17-19-7-11-21(12-8-19)30(27,28)26-14-3-4-15-26/h5-12H,3-4,13-17H2,1-2H3,(H2,23,24,25). The van der Waals surface area contributed by atoms with Crippen molar-refractivity contribution in [2.24, 2.45) is 4.99 Å². The van der Waals surface area contributed by atoms with E-state index in [1.54, 1.807) is 23.5 Å². The van der Waals surface area contributed by atoms with Crippen LogP contribution in [0.15, 0.2) is 58.4 Å². The number of nitrogens with one attached hydrogen (secondary N) is 2. The molecule has 30 heavy (non-hydrogen) atoms. The molecule has 1 aliphatic rings. The summed E-state index contributed by atoms with van der Waals surface area (Å²) >= 11 is 0. The Morgan fingerprint density at radius 3 is 2.33 bits per heavy atom. The molecule has 0 aromatic heterocycles. The summed E-state index contributed by atoms with van der Waals surface area (Å²) in [7, 11) is -1.66. The number of aryl methyl sites for hydroxylation is 1. The highest BCUT2D eigenvalue weighted by Crippen LogP contribution is 2.21. The van der Waals surface area contributed by atoms with E-state index in [9.17, 15) is 8.42 Å². The topological polar surface area (TPSA) is 83.0 Å². The van der Waals surface area contributed by atoms with Crippen LogP contribution in [0.4, 0.5) is 0 Å². The normalized spacial score (nSPS) is 15.2. The van der Waals surface area contributed by atoms with Gasteiger partial charge in [0.05, 0.1) is 11.4 Å². The third kappa shape index (κ3) is 5.96. The first kappa shape index (κ1) is 22.1. The summed E-state index contributed by atoms with van der Waals surface area (Å²) in [5.74, 6) is 1.51. The molecule has 0 radical (unpaired) electrons. The smallest absolute Gasteiger partial charge is 0.243 e. The van der Waals surface area contributed by atoms with Gasteiger partial charge in [0, 0.05) is 26.7 Å². The Kier molecular flexibility index (Phi) is 7.70. The van der Waals surface area contributed by atoms with Gasteiger partial charge < -0.3 is 15.4 Å². The summed E-state index contributed by atoms with van der Waals surface area (Å²) in [5, 5.41) is 6.43. The van der Waals surface area contributed by atoms with Gasteiger partial charge in [-0.2, -0.15) is 4.31 Å². The number of sulfonamides is 1. The predicted octanol–water partition coefficient (Wildman–Crippen LogP) is 2.52. The number of guanidine groups is 1. The number of ether oxygens (including phenoxy) is 1. The maximum absolute atomic E-state index is 12.6. The van der Waals surface area contributed by atoms with Gasteiger partial charge in [0.25, 0.3) is 0 Å².